The molecule has 6 heteroatoms. The average molecular weight is 359 g/mol. The van der Waals surface area contributed by atoms with Gasteiger partial charge in [-0.3, -0.25) is 9.20 Å². The Hall–Kier alpha value is -3.15. The molecule has 0 radical (unpaired) electrons. The molecule has 1 fully saturated rings. The van der Waals surface area contributed by atoms with E-state index in [0.717, 1.165) is 47.3 Å². The van der Waals surface area contributed by atoms with Gasteiger partial charge in [0, 0.05) is 42.3 Å². The minimum atomic E-state index is 0.179. The van der Waals surface area contributed by atoms with Crippen LogP contribution < -0.4 is 0 Å². The number of likely N-dealkylation sites (tertiary alicyclic amines) is 1. The number of aromatic amines is 1. The Balaban J connectivity index is 1.35. The van der Waals surface area contributed by atoms with Gasteiger partial charge in [-0.25, -0.2) is 0 Å². The Morgan fingerprint density at radius 2 is 2.04 bits per heavy atom. The Kier molecular flexibility index (Phi) is 3.89. The van der Waals surface area contributed by atoms with Crippen LogP contribution in [0.5, 0.6) is 0 Å². The highest BCUT2D eigenvalue weighted by molar-refractivity contribution is 5.88. The molecule has 136 valence electrons. The molecule has 0 spiro atoms. The molecule has 1 saturated heterocycles. The molecular weight excluding hydrogens is 338 g/mol. The lowest BCUT2D eigenvalue weighted by Gasteiger charge is -2.32. The number of benzene rings is 1. The number of rotatable bonds is 3. The van der Waals surface area contributed by atoms with Gasteiger partial charge in [-0.05, 0) is 36.6 Å². The zero-order valence-corrected chi connectivity index (χ0v) is 15.0. The highest BCUT2D eigenvalue weighted by atomic mass is 16.2. The van der Waals surface area contributed by atoms with Crippen LogP contribution in [-0.4, -0.2) is 43.5 Å². The van der Waals surface area contributed by atoms with E-state index in [2.05, 4.69) is 21.2 Å². The second-order valence-electron chi connectivity index (χ2n) is 7.20. The first-order valence-electron chi connectivity index (χ1n) is 9.42. The van der Waals surface area contributed by atoms with Crippen molar-refractivity contribution in [3.63, 3.8) is 0 Å². The van der Waals surface area contributed by atoms with E-state index in [1.807, 2.05) is 58.1 Å². The second kappa shape index (κ2) is 6.54. The van der Waals surface area contributed by atoms with Crippen LogP contribution in [0.15, 0.2) is 54.9 Å². The molecule has 0 aliphatic carbocycles. The van der Waals surface area contributed by atoms with Crippen molar-refractivity contribution in [2.45, 2.75) is 25.2 Å². The van der Waals surface area contributed by atoms with E-state index in [-0.39, 0.29) is 11.8 Å². The van der Waals surface area contributed by atoms with Gasteiger partial charge in [0.15, 0.2) is 5.65 Å². The summed E-state index contributed by atoms with van der Waals surface area (Å²) in [6, 6.07) is 14.0. The number of piperidine rings is 1. The molecule has 6 nitrogen and oxygen atoms in total. The maximum absolute atomic E-state index is 13.0. The fraction of sp³-hybridized carbons (Fsp3) is 0.286. The largest absolute Gasteiger partial charge is 0.361 e. The number of H-pyrrole nitrogens is 1. The zero-order valence-electron chi connectivity index (χ0n) is 15.0. The first-order chi connectivity index (χ1) is 13.3. The summed E-state index contributed by atoms with van der Waals surface area (Å²) in [5, 5.41) is 9.79. The van der Waals surface area contributed by atoms with Crippen molar-refractivity contribution in [3.8, 4) is 0 Å². The molecule has 0 saturated carbocycles. The van der Waals surface area contributed by atoms with E-state index in [1.165, 1.54) is 0 Å². The van der Waals surface area contributed by atoms with Gasteiger partial charge in [-0.15, -0.1) is 10.2 Å². The zero-order chi connectivity index (χ0) is 18.2. The fourth-order valence-corrected chi connectivity index (χ4v) is 4.11. The van der Waals surface area contributed by atoms with Crippen molar-refractivity contribution >= 4 is 22.5 Å². The van der Waals surface area contributed by atoms with Gasteiger partial charge in [-0.1, -0.05) is 24.3 Å². The highest BCUT2D eigenvalue weighted by Gasteiger charge is 2.28. The number of amides is 1. The highest BCUT2D eigenvalue weighted by Crippen LogP contribution is 2.27. The third-order valence-corrected chi connectivity index (χ3v) is 5.50. The fourth-order valence-electron chi connectivity index (χ4n) is 4.11. The number of nitrogens with zero attached hydrogens (tertiary/aromatic N) is 4. The lowest BCUT2D eigenvalue weighted by atomic mass is 9.96. The molecular formula is C21H21N5O. The lowest BCUT2D eigenvalue weighted by Crippen LogP contribution is -2.40. The minimum absolute atomic E-state index is 0.179. The van der Waals surface area contributed by atoms with Crippen LogP contribution in [0.4, 0.5) is 0 Å². The SMILES string of the molecule is O=C(Cc1c[nH]c2ccccc12)N1CCCC(c2nnc3ccccn23)C1. The predicted octanol–water partition coefficient (Wildman–Crippen LogP) is 3.16. The van der Waals surface area contributed by atoms with E-state index in [4.69, 9.17) is 0 Å². The Morgan fingerprint density at radius 3 is 3.00 bits per heavy atom. The molecule has 4 aromatic rings. The first kappa shape index (κ1) is 16.1. The number of hydrogen-bond donors (Lipinski definition) is 1. The van der Waals surface area contributed by atoms with Gasteiger partial charge in [0.25, 0.3) is 0 Å². The normalized spacial score (nSPS) is 17.6. The summed E-state index contributed by atoms with van der Waals surface area (Å²) in [4.78, 5) is 18.2. The minimum Gasteiger partial charge on any atom is -0.361 e. The summed E-state index contributed by atoms with van der Waals surface area (Å²) in [6.07, 6.45) is 6.41. The van der Waals surface area contributed by atoms with Crippen molar-refractivity contribution in [2.75, 3.05) is 13.1 Å². The number of aromatic nitrogens is 4. The van der Waals surface area contributed by atoms with Gasteiger partial charge in [-0.2, -0.15) is 0 Å². The number of fused-ring (bicyclic) bond motifs is 2. The van der Waals surface area contributed by atoms with Crippen molar-refractivity contribution < 1.29 is 4.79 Å². The van der Waals surface area contributed by atoms with Crippen molar-refractivity contribution in [1.82, 2.24) is 24.5 Å². The Bertz CT molecular complexity index is 1110. The van der Waals surface area contributed by atoms with Crippen molar-refractivity contribution in [2.24, 2.45) is 0 Å². The van der Waals surface area contributed by atoms with E-state index >= 15 is 0 Å². The molecule has 0 bridgehead atoms. The van der Waals surface area contributed by atoms with Crippen LogP contribution in [0.3, 0.4) is 0 Å². The molecule has 5 rings (SSSR count). The third-order valence-electron chi connectivity index (χ3n) is 5.50. The third kappa shape index (κ3) is 2.87. The molecule has 1 aliphatic rings. The lowest BCUT2D eigenvalue weighted by molar-refractivity contribution is -0.131. The molecule has 27 heavy (non-hydrogen) atoms. The molecule has 1 unspecified atom stereocenters. The smallest absolute Gasteiger partial charge is 0.227 e. The van der Waals surface area contributed by atoms with E-state index in [1.54, 1.807) is 0 Å². The number of nitrogens with one attached hydrogen (secondary N) is 1. The molecule has 1 aliphatic heterocycles. The maximum Gasteiger partial charge on any atom is 0.227 e. The quantitative estimate of drug-likeness (QED) is 0.611. The summed E-state index contributed by atoms with van der Waals surface area (Å²) in [5.74, 6) is 1.36. The summed E-state index contributed by atoms with van der Waals surface area (Å²) < 4.78 is 2.04. The number of carbonyl (C=O) groups is 1. The molecule has 4 heterocycles. The van der Waals surface area contributed by atoms with Crippen LogP contribution in [-0.2, 0) is 11.2 Å². The van der Waals surface area contributed by atoms with Gasteiger partial charge < -0.3 is 9.88 Å². The van der Waals surface area contributed by atoms with Gasteiger partial charge in [0.2, 0.25) is 5.91 Å². The van der Waals surface area contributed by atoms with E-state index < -0.39 is 0 Å². The van der Waals surface area contributed by atoms with E-state index in [0.29, 0.717) is 13.0 Å². The molecule has 1 aromatic carbocycles. The molecule has 1 amide bonds. The number of para-hydroxylation sites is 1. The van der Waals surface area contributed by atoms with Crippen LogP contribution >= 0.6 is 0 Å². The standard InChI is InChI=1S/C21H21N5O/c27-20(12-16-13-22-18-8-2-1-7-17(16)18)25-10-5-6-15(14-25)21-24-23-19-9-3-4-11-26(19)21/h1-4,7-9,11,13,15,22H,5-6,10,12,14H2. The van der Waals surface area contributed by atoms with Crippen LogP contribution in [0.25, 0.3) is 16.6 Å². The Morgan fingerprint density at radius 1 is 1.15 bits per heavy atom. The number of pyridine rings is 1. The summed E-state index contributed by atoms with van der Waals surface area (Å²) in [7, 11) is 0. The maximum atomic E-state index is 13.0. The average Bonchev–Trinajstić information content (AvgIpc) is 3.33. The monoisotopic (exact) mass is 359 g/mol. The summed E-state index contributed by atoms with van der Waals surface area (Å²) in [5.41, 5.74) is 2.99. The van der Waals surface area contributed by atoms with Crippen LogP contribution in [0.2, 0.25) is 0 Å². The topological polar surface area (TPSA) is 66.3 Å². The van der Waals surface area contributed by atoms with Gasteiger partial charge in [0.1, 0.15) is 5.82 Å². The molecule has 3 aromatic heterocycles. The Labute approximate surface area is 156 Å². The first-order valence-corrected chi connectivity index (χ1v) is 9.42. The summed E-state index contributed by atoms with van der Waals surface area (Å²) in [6.45, 7) is 1.52. The number of hydrogen-bond acceptors (Lipinski definition) is 3. The van der Waals surface area contributed by atoms with Gasteiger partial charge >= 0.3 is 0 Å². The second-order valence-corrected chi connectivity index (χ2v) is 7.20. The van der Waals surface area contributed by atoms with Crippen molar-refractivity contribution in [3.05, 3.63) is 66.2 Å². The van der Waals surface area contributed by atoms with E-state index in [9.17, 15) is 4.79 Å². The number of carbonyl (C=O) groups excluding carboxylic acids is 1. The predicted molar refractivity (Wildman–Crippen MR) is 104 cm³/mol. The summed E-state index contributed by atoms with van der Waals surface area (Å²) >= 11 is 0. The van der Waals surface area contributed by atoms with Crippen LogP contribution in [0, 0.1) is 0 Å². The molecule has 1 atom stereocenters. The van der Waals surface area contributed by atoms with Crippen LogP contribution in [0.1, 0.15) is 30.1 Å². The van der Waals surface area contributed by atoms with Crippen molar-refractivity contribution in [1.29, 1.82) is 0 Å². The molecule has 1 N–H and O–H groups in total. The van der Waals surface area contributed by atoms with Gasteiger partial charge in [0.05, 0.1) is 6.42 Å².